The number of aromatic amines is 1. The molecule has 1 aliphatic heterocycles. The first kappa shape index (κ1) is 20.8. The maximum Gasteiger partial charge on any atom is 0.246 e. The zero-order valence-electron chi connectivity index (χ0n) is 17.2. The van der Waals surface area contributed by atoms with E-state index < -0.39 is 26.6 Å². The van der Waals surface area contributed by atoms with Crippen LogP contribution in [0.1, 0.15) is 13.3 Å². The van der Waals surface area contributed by atoms with Crippen LogP contribution in [0.15, 0.2) is 59.9 Å². The Morgan fingerprint density at radius 3 is 2.78 bits per heavy atom. The van der Waals surface area contributed by atoms with Gasteiger partial charge >= 0.3 is 0 Å². The first-order valence-electron chi connectivity index (χ1n) is 10.2. The van der Waals surface area contributed by atoms with Crippen LogP contribution in [0.4, 0.5) is 8.78 Å². The molecule has 2 aromatic carbocycles. The van der Waals surface area contributed by atoms with Crippen LogP contribution < -0.4 is 0 Å². The van der Waals surface area contributed by atoms with Crippen molar-refractivity contribution in [3.63, 3.8) is 0 Å². The number of sulfonamides is 1. The molecule has 1 aliphatic rings. The first-order valence-corrected chi connectivity index (χ1v) is 11.7. The molecule has 2 aromatic heterocycles. The molecule has 0 radical (unpaired) electrons. The van der Waals surface area contributed by atoms with Crippen LogP contribution in [-0.4, -0.2) is 45.3 Å². The molecule has 2 atom stereocenters. The van der Waals surface area contributed by atoms with Crippen molar-refractivity contribution in [2.45, 2.75) is 30.8 Å². The summed E-state index contributed by atoms with van der Waals surface area (Å²) >= 11 is 0. The number of rotatable bonds is 5. The standard InChI is InChI=1S/C22H21F2N5O2S/c1-14-7-15(13-29(14)32(30,31)21-4-2-3-19(23)22(21)24)12-28-20-6-5-16(8-17(20)11-27-28)18-9-25-26-10-18/h2-6,8-11,14-15H,7,12-13H2,1H3,(H,25,26)/t14-,15+/m1/s1. The monoisotopic (exact) mass is 457 g/mol. The number of benzene rings is 2. The Morgan fingerprint density at radius 2 is 2.00 bits per heavy atom. The fraction of sp³-hybridized carbons (Fsp3) is 0.273. The van der Waals surface area contributed by atoms with Crippen LogP contribution in [0.2, 0.25) is 0 Å². The summed E-state index contributed by atoms with van der Waals surface area (Å²) in [6, 6.07) is 8.90. The van der Waals surface area contributed by atoms with E-state index in [1.165, 1.54) is 10.4 Å². The summed E-state index contributed by atoms with van der Waals surface area (Å²) in [7, 11) is -4.15. The van der Waals surface area contributed by atoms with Gasteiger partial charge in [0.25, 0.3) is 0 Å². The Kier molecular flexibility index (Phi) is 5.06. The molecule has 0 unspecified atom stereocenters. The van der Waals surface area contributed by atoms with Gasteiger partial charge in [-0.25, -0.2) is 17.2 Å². The van der Waals surface area contributed by atoms with Crippen molar-refractivity contribution < 1.29 is 17.2 Å². The molecule has 5 rings (SSSR count). The normalized spacial score (nSPS) is 19.7. The largest absolute Gasteiger partial charge is 0.285 e. The average Bonchev–Trinajstić information content (AvgIpc) is 3.50. The molecule has 0 amide bonds. The number of nitrogens with zero attached hydrogens (tertiary/aromatic N) is 4. The molecular weight excluding hydrogens is 436 g/mol. The smallest absolute Gasteiger partial charge is 0.246 e. The van der Waals surface area contributed by atoms with Crippen molar-refractivity contribution in [3.8, 4) is 11.1 Å². The molecule has 4 aromatic rings. The summed E-state index contributed by atoms with van der Waals surface area (Å²) in [6.45, 7) is 2.53. The van der Waals surface area contributed by atoms with E-state index in [0.29, 0.717) is 13.0 Å². The highest BCUT2D eigenvalue weighted by molar-refractivity contribution is 7.89. The van der Waals surface area contributed by atoms with Gasteiger partial charge in [-0.3, -0.25) is 9.78 Å². The molecule has 32 heavy (non-hydrogen) atoms. The fourth-order valence-corrected chi connectivity index (χ4v) is 6.25. The number of aromatic nitrogens is 4. The Bertz CT molecular complexity index is 1380. The number of fused-ring (bicyclic) bond motifs is 1. The number of hydrogen-bond donors (Lipinski definition) is 1. The molecule has 10 heteroatoms. The summed E-state index contributed by atoms with van der Waals surface area (Å²) in [5.41, 5.74) is 2.95. The Balaban J connectivity index is 1.37. The van der Waals surface area contributed by atoms with Gasteiger partial charge in [0.15, 0.2) is 11.6 Å². The minimum Gasteiger partial charge on any atom is -0.285 e. The second-order valence-corrected chi connectivity index (χ2v) is 10.0. The number of H-pyrrole nitrogens is 1. The van der Waals surface area contributed by atoms with Crippen LogP contribution in [0.3, 0.4) is 0 Å². The van der Waals surface area contributed by atoms with E-state index >= 15 is 0 Å². The first-order chi connectivity index (χ1) is 15.3. The molecule has 166 valence electrons. The Morgan fingerprint density at radius 1 is 1.16 bits per heavy atom. The third kappa shape index (κ3) is 3.49. The van der Waals surface area contributed by atoms with Gasteiger partial charge in [0.2, 0.25) is 10.0 Å². The summed E-state index contributed by atoms with van der Waals surface area (Å²) in [4.78, 5) is -0.624. The lowest BCUT2D eigenvalue weighted by molar-refractivity contribution is 0.391. The highest BCUT2D eigenvalue weighted by Gasteiger charge is 2.39. The molecule has 7 nitrogen and oxygen atoms in total. The predicted molar refractivity (Wildman–Crippen MR) is 115 cm³/mol. The molecule has 0 aliphatic carbocycles. The Hall–Kier alpha value is -3.11. The lowest BCUT2D eigenvalue weighted by Gasteiger charge is -2.21. The molecule has 1 saturated heterocycles. The van der Waals surface area contributed by atoms with E-state index in [1.807, 2.05) is 29.1 Å². The molecule has 1 fully saturated rings. The van der Waals surface area contributed by atoms with Gasteiger partial charge in [0, 0.05) is 36.3 Å². The topological polar surface area (TPSA) is 83.9 Å². The fourth-order valence-electron chi connectivity index (χ4n) is 4.45. The van der Waals surface area contributed by atoms with E-state index in [9.17, 15) is 17.2 Å². The second kappa shape index (κ2) is 7.79. The zero-order valence-corrected chi connectivity index (χ0v) is 18.1. The van der Waals surface area contributed by atoms with Gasteiger partial charge < -0.3 is 0 Å². The van der Waals surface area contributed by atoms with Crippen molar-refractivity contribution in [2.24, 2.45) is 5.92 Å². The minimum absolute atomic E-state index is 0.00644. The maximum absolute atomic E-state index is 14.2. The van der Waals surface area contributed by atoms with Crippen LogP contribution in [0.25, 0.3) is 22.0 Å². The molecule has 1 N–H and O–H groups in total. The van der Waals surface area contributed by atoms with Gasteiger partial charge in [-0.2, -0.15) is 14.5 Å². The summed E-state index contributed by atoms with van der Waals surface area (Å²) in [6.07, 6.45) is 5.96. The predicted octanol–water partition coefficient (Wildman–Crippen LogP) is 3.80. The van der Waals surface area contributed by atoms with Crippen LogP contribution in [0, 0.1) is 17.6 Å². The van der Waals surface area contributed by atoms with E-state index in [1.54, 1.807) is 19.3 Å². The van der Waals surface area contributed by atoms with Crippen LogP contribution >= 0.6 is 0 Å². The summed E-state index contributed by atoms with van der Waals surface area (Å²) in [5.74, 6) is -2.52. The van der Waals surface area contributed by atoms with Gasteiger partial charge in [-0.05, 0) is 49.1 Å². The minimum atomic E-state index is -4.15. The lowest BCUT2D eigenvalue weighted by atomic mass is 10.1. The summed E-state index contributed by atoms with van der Waals surface area (Å²) < 4.78 is 57.0. The molecule has 0 spiro atoms. The van der Waals surface area contributed by atoms with Gasteiger partial charge in [-0.1, -0.05) is 12.1 Å². The zero-order chi connectivity index (χ0) is 22.5. The number of halogens is 2. The van der Waals surface area contributed by atoms with Crippen LogP contribution in [-0.2, 0) is 16.6 Å². The maximum atomic E-state index is 14.2. The number of nitrogens with one attached hydrogen (secondary N) is 1. The SMILES string of the molecule is C[C@@H]1C[C@@H](Cn2ncc3cc(-c4cn[nH]c4)ccc32)CN1S(=O)(=O)c1cccc(F)c1F. The van der Waals surface area contributed by atoms with E-state index in [4.69, 9.17) is 0 Å². The number of hydrogen-bond acceptors (Lipinski definition) is 4. The van der Waals surface area contributed by atoms with E-state index in [0.717, 1.165) is 34.2 Å². The molecule has 0 bridgehead atoms. The molecule has 0 saturated carbocycles. The van der Waals surface area contributed by atoms with Crippen molar-refractivity contribution >= 4 is 20.9 Å². The lowest BCUT2D eigenvalue weighted by Crippen LogP contribution is -2.35. The third-order valence-corrected chi connectivity index (χ3v) is 8.01. The highest BCUT2D eigenvalue weighted by Crippen LogP contribution is 2.32. The summed E-state index contributed by atoms with van der Waals surface area (Å²) in [5, 5.41) is 12.2. The third-order valence-electron chi connectivity index (χ3n) is 6.01. The highest BCUT2D eigenvalue weighted by atomic mass is 32.2. The Labute approximate surface area is 183 Å². The van der Waals surface area contributed by atoms with E-state index in [-0.39, 0.29) is 18.5 Å². The van der Waals surface area contributed by atoms with Crippen LogP contribution in [0.5, 0.6) is 0 Å². The van der Waals surface area contributed by atoms with Crippen molar-refractivity contribution in [3.05, 3.63) is 66.6 Å². The van der Waals surface area contributed by atoms with Gasteiger partial charge in [0.05, 0.1) is 17.9 Å². The van der Waals surface area contributed by atoms with Crippen molar-refractivity contribution in [1.82, 2.24) is 24.3 Å². The average molecular weight is 458 g/mol. The van der Waals surface area contributed by atoms with Crippen molar-refractivity contribution in [2.75, 3.05) is 6.54 Å². The van der Waals surface area contributed by atoms with Gasteiger partial charge in [0.1, 0.15) is 4.90 Å². The molecule has 3 heterocycles. The van der Waals surface area contributed by atoms with E-state index in [2.05, 4.69) is 15.3 Å². The quantitative estimate of drug-likeness (QED) is 0.494. The van der Waals surface area contributed by atoms with Crippen molar-refractivity contribution in [1.29, 1.82) is 0 Å². The molecular formula is C22H21F2N5O2S. The van der Waals surface area contributed by atoms with Gasteiger partial charge in [-0.15, -0.1) is 0 Å². The second-order valence-electron chi connectivity index (χ2n) is 8.16.